The molecule has 4 aromatic carbocycles. The molecule has 5 atom stereocenters. The van der Waals surface area contributed by atoms with Gasteiger partial charge >= 0.3 is 12.0 Å². The van der Waals surface area contributed by atoms with Gasteiger partial charge in [-0.05, 0) is 78.2 Å². The number of aliphatic hydroxyl groups is 1. The fourth-order valence-electron chi connectivity index (χ4n) is 6.94. The number of primary amides is 1. The molecule has 0 unspecified atom stereocenters. The molecule has 6 rings (SSSR count). The van der Waals surface area contributed by atoms with Gasteiger partial charge in [-0.1, -0.05) is 54.3 Å². The van der Waals surface area contributed by atoms with Gasteiger partial charge < -0.3 is 30.7 Å². The number of ether oxygens (including phenoxy) is 2. The minimum atomic E-state index is -2.03. The number of imide groups is 1. The smallest absolute Gasteiger partial charge is 0.329 e. The number of hydrogen-bond acceptors (Lipinski definition) is 8. The highest BCUT2D eigenvalue weighted by Gasteiger charge is 2.70. The van der Waals surface area contributed by atoms with Crippen molar-refractivity contribution in [2.75, 3.05) is 25.2 Å². The second-order valence-corrected chi connectivity index (χ2v) is 12.2. The van der Waals surface area contributed by atoms with Gasteiger partial charge in [-0.2, -0.15) is 0 Å². The fraction of sp³-hybridized carbons (Fsp3) is 0.231. The third kappa shape index (κ3) is 6.36. The number of carboxylic acid groups (broad SMARTS) is 1. The number of carbonyl (C=O) groups excluding carboxylic acids is 3. The number of benzene rings is 4. The van der Waals surface area contributed by atoms with Crippen molar-refractivity contribution in [1.29, 1.82) is 0 Å². The normalized spacial score (nSPS) is 21.0. The number of anilines is 1. The maximum absolute atomic E-state index is 15.1. The molecule has 1 fully saturated rings. The highest BCUT2D eigenvalue weighted by Crippen LogP contribution is 2.58. The molecular weight excluding hydrogens is 652 g/mol. The Kier molecular flexibility index (Phi) is 9.77. The van der Waals surface area contributed by atoms with Crippen LogP contribution in [0.15, 0.2) is 97.1 Å². The zero-order chi connectivity index (χ0) is 36.3. The van der Waals surface area contributed by atoms with E-state index in [1.54, 1.807) is 80.8 Å². The van der Waals surface area contributed by atoms with Crippen molar-refractivity contribution in [3.8, 4) is 23.3 Å². The molecule has 12 heteroatoms. The predicted molar refractivity (Wildman–Crippen MR) is 187 cm³/mol. The van der Waals surface area contributed by atoms with Crippen LogP contribution in [0.2, 0.25) is 0 Å². The molecule has 0 aliphatic carbocycles. The Bertz CT molecular complexity index is 2020. The summed E-state index contributed by atoms with van der Waals surface area (Å²) in [7, 11) is 1.56. The van der Waals surface area contributed by atoms with Crippen LogP contribution >= 0.6 is 0 Å². The maximum atomic E-state index is 15.1. The van der Waals surface area contributed by atoms with E-state index in [-0.39, 0.29) is 24.5 Å². The van der Waals surface area contributed by atoms with Crippen molar-refractivity contribution in [2.24, 2.45) is 11.7 Å². The summed E-state index contributed by atoms with van der Waals surface area (Å²) >= 11 is 0. The van der Waals surface area contributed by atoms with Gasteiger partial charge in [0, 0.05) is 11.1 Å². The van der Waals surface area contributed by atoms with Crippen LogP contribution in [-0.4, -0.2) is 60.4 Å². The molecule has 2 aliphatic rings. The Morgan fingerprint density at radius 3 is 2.24 bits per heavy atom. The first-order valence-electron chi connectivity index (χ1n) is 16.2. The molecule has 51 heavy (non-hydrogen) atoms. The first-order valence-corrected chi connectivity index (χ1v) is 16.2. The Balaban J connectivity index is 1.52. The van der Waals surface area contributed by atoms with Crippen LogP contribution < -0.4 is 30.7 Å². The van der Waals surface area contributed by atoms with Crippen molar-refractivity contribution in [2.45, 2.75) is 30.5 Å². The number of carboxylic acids is 1. The predicted octanol–water partition coefficient (Wildman–Crippen LogP) is 3.42. The van der Waals surface area contributed by atoms with E-state index in [9.17, 15) is 24.6 Å². The molecule has 1 spiro atoms. The molecule has 1 saturated heterocycles. The third-order valence-corrected chi connectivity index (χ3v) is 9.30. The molecule has 260 valence electrons. The number of rotatable bonds is 9. The summed E-state index contributed by atoms with van der Waals surface area (Å²) < 4.78 is 10.7. The minimum Gasteiger partial charge on any atom is -0.497 e. The average Bonchev–Trinajstić information content (AvgIpc) is 3.63. The Hall–Kier alpha value is -6.16. The number of fused-ring (bicyclic) bond motifs is 2. The zero-order valence-corrected chi connectivity index (χ0v) is 27.8. The number of hydrogen-bond donors (Lipinski definition) is 5. The molecule has 4 aromatic rings. The molecule has 0 bridgehead atoms. The van der Waals surface area contributed by atoms with E-state index in [0.29, 0.717) is 28.2 Å². The second kappa shape index (κ2) is 14.4. The van der Waals surface area contributed by atoms with Crippen LogP contribution in [0.1, 0.15) is 46.8 Å². The van der Waals surface area contributed by atoms with Gasteiger partial charge in [0.15, 0.2) is 0 Å². The molecule has 4 amide bonds. The summed E-state index contributed by atoms with van der Waals surface area (Å²) in [6.45, 7) is 1.62. The lowest BCUT2D eigenvalue weighted by Crippen LogP contribution is -2.54. The van der Waals surface area contributed by atoms with Gasteiger partial charge in [-0.25, -0.2) is 9.69 Å². The van der Waals surface area contributed by atoms with Crippen molar-refractivity contribution in [3.05, 3.63) is 125 Å². The van der Waals surface area contributed by atoms with Crippen molar-refractivity contribution < 1.29 is 38.9 Å². The highest BCUT2D eigenvalue weighted by atomic mass is 16.5. The van der Waals surface area contributed by atoms with Crippen LogP contribution in [0, 0.1) is 17.8 Å². The summed E-state index contributed by atoms with van der Waals surface area (Å²) in [6.07, 6.45) is 0. The van der Waals surface area contributed by atoms with Crippen molar-refractivity contribution in [3.63, 3.8) is 0 Å². The molecule has 0 saturated carbocycles. The number of urea groups is 1. The number of nitrogens with two attached hydrogens (primary N) is 1. The number of nitrogens with zero attached hydrogens (tertiary/aromatic N) is 1. The average molecular weight is 689 g/mol. The lowest BCUT2D eigenvalue weighted by atomic mass is 9.65. The maximum Gasteiger partial charge on any atom is 0.329 e. The largest absolute Gasteiger partial charge is 0.497 e. The number of aliphatic hydroxyl groups excluding tert-OH is 1. The number of nitrogens with one attached hydrogen (secondary N) is 2. The van der Waals surface area contributed by atoms with Gasteiger partial charge in [-0.3, -0.25) is 19.7 Å². The molecular formula is C39H36N4O8. The van der Waals surface area contributed by atoms with E-state index < -0.39 is 53.3 Å². The molecule has 0 aromatic heterocycles. The molecule has 6 N–H and O–H groups in total. The second-order valence-electron chi connectivity index (χ2n) is 12.2. The minimum absolute atomic E-state index is 0.0491. The van der Waals surface area contributed by atoms with E-state index in [1.807, 2.05) is 30.3 Å². The monoisotopic (exact) mass is 688 g/mol. The van der Waals surface area contributed by atoms with Crippen LogP contribution in [0.3, 0.4) is 0 Å². The summed E-state index contributed by atoms with van der Waals surface area (Å²) in [5.41, 5.74) is 6.48. The number of amides is 4. The Morgan fingerprint density at radius 2 is 1.61 bits per heavy atom. The van der Waals surface area contributed by atoms with E-state index in [2.05, 4.69) is 22.5 Å². The van der Waals surface area contributed by atoms with E-state index in [0.717, 1.165) is 10.5 Å². The first kappa shape index (κ1) is 34.7. The lowest BCUT2D eigenvalue weighted by molar-refractivity contribution is -0.148. The quantitative estimate of drug-likeness (QED) is 0.165. The molecule has 2 aliphatic heterocycles. The fourth-order valence-corrected chi connectivity index (χ4v) is 6.94. The van der Waals surface area contributed by atoms with Crippen LogP contribution in [0.25, 0.3) is 0 Å². The lowest BCUT2D eigenvalue weighted by Gasteiger charge is -2.33. The van der Waals surface area contributed by atoms with Gasteiger partial charge in [0.2, 0.25) is 11.8 Å². The molecule has 0 radical (unpaired) electrons. The SMILES string of the molecule is COc1ccc(C#Cc2ccc3c(c2)[C@]2(C(=O)N3C(=O)N[C@H](C)c3ccccc3)[C@H](c3ccc(OCCO)cc3)N[C@@H](C(N)=O)[C@@H]2C(=O)O)cc1. The highest BCUT2D eigenvalue weighted by molar-refractivity contribution is 6.24. The zero-order valence-electron chi connectivity index (χ0n) is 27.8. The summed E-state index contributed by atoms with van der Waals surface area (Å²) in [5, 5.41) is 25.9. The van der Waals surface area contributed by atoms with Crippen LogP contribution in [-0.2, 0) is 19.8 Å². The van der Waals surface area contributed by atoms with Crippen LogP contribution in [0.5, 0.6) is 11.5 Å². The molecule has 12 nitrogen and oxygen atoms in total. The van der Waals surface area contributed by atoms with Gasteiger partial charge in [0.25, 0.3) is 0 Å². The first-order chi connectivity index (χ1) is 24.6. The number of methoxy groups -OCH3 is 1. The Labute approximate surface area is 294 Å². The number of carbonyl (C=O) groups is 4. The third-order valence-electron chi connectivity index (χ3n) is 9.30. The van der Waals surface area contributed by atoms with E-state index in [1.165, 1.54) is 0 Å². The van der Waals surface area contributed by atoms with Gasteiger partial charge in [-0.15, -0.1) is 0 Å². The van der Waals surface area contributed by atoms with Crippen molar-refractivity contribution in [1.82, 2.24) is 10.6 Å². The summed E-state index contributed by atoms with van der Waals surface area (Å²) in [4.78, 5) is 56.4. The number of aliphatic carboxylic acids is 1. The van der Waals surface area contributed by atoms with Gasteiger partial charge in [0.1, 0.15) is 35.5 Å². The summed E-state index contributed by atoms with van der Waals surface area (Å²) in [6, 6.07) is 23.7. The molecule has 2 heterocycles. The Morgan fingerprint density at radius 1 is 0.961 bits per heavy atom. The van der Waals surface area contributed by atoms with E-state index in [4.69, 9.17) is 15.2 Å². The standard InChI is InChI=1S/C39H36N4O8/c1-23(26-6-4-3-5-7-26)41-38(49)43-31-19-12-25(9-8-24-10-15-28(50-2)16-11-24)22-30(31)39(37(43)48)32(36(46)47)33(35(40)45)42-34(39)27-13-17-29(18-14-27)51-21-20-44/h3-7,10-19,22-23,32-34,42,44H,20-21H2,1-2H3,(H2,40,45)(H,41,49)(H,46,47)/t23-,32-,33-,34+,39-/m1/s1. The van der Waals surface area contributed by atoms with Gasteiger partial charge in [0.05, 0.1) is 31.5 Å². The van der Waals surface area contributed by atoms with Crippen LogP contribution in [0.4, 0.5) is 10.5 Å². The summed E-state index contributed by atoms with van der Waals surface area (Å²) in [5.74, 6) is 2.26. The van der Waals surface area contributed by atoms with E-state index >= 15 is 4.79 Å². The van der Waals surface area contributed by atoms with Crippen molar-refractivity contribution >= 4 is 29.5 Å². The topological polar surface area (TPSA) is 181 Å².